The molecule has 2 heterocycles. The van der Waals surface area contributed by atoms with E-state index in [-0.39, 0.29) is 17.7 Å². The molecule has 0 aromatic heterocycles. The van der Waals surface area contributed by atoms with Crippen molar-refractivity contribution in [3.8, 4) is 0 Å². The van der Waals surface area contributed by atoms with Gasteiger partial charge in [-0.25, -0.2) is 0 Å². The minimum absolute atomic E-state index is 0.0808. The highest BCUT2D eigenvalue weighted by atomic mass is 16.5. The van der Waals surface area contributed by atoms with Gasteiger partial charge < -0.3 is 24.8 Å². The Morgan fingerprint density at radius 1 is 1.19 bits per heavy atom. The molecular formula is C20H30N4O3. The highest BCUT2D eigenvalue weighted by Crippen LogP contribution is 2.18. The van der Waals surface area contributed by atoms with Gasteiger partial charge in [-0.05, 0) is 31.3 Å². The van der Waals surface area contributed by atoms with Crippen molar-refractivity contribution in [2.75, 3.05) is 71.5 Å². The summed E-state index contributed by atoms with van der Waals surface area (Å²) < 4.78 is 5.03. The quantitative estimate of drug-likeness (QED) is 0.760. The normalized spacial score (nSPS) is 21.0. The number of likely N-dealkylation sites (tertiary alicyclic amines) is 1. The summed E-state index contributed by atoms with van der Waals surface area (Å²) >= 11 is 0. The molecule has 27 heavy (non-hydrogen) atoms. The summed E-state index contributed by atoms with van der Waals surface area (Å²) in [5.41, 5.74) is 1.82. The van der Waals surface area contributed by atoms with Crippen molar-refractivity contribution in [1.29, 1.82) is 0 Å². The first-order valence-corrected chi connectivity index (χ1v) is 9.65. The number of benzene rings is 1. The SMILES string of the molecule is COCCN1C[C@@H](CNC(=O)c2ccc(N3CCN(C)CC3)cc2)CC1=O. The number of anilines is 1. The Hall–Kier alpha value is -2.12. The fourth-order valence-electron chi connectivity index (χ4n) is 3.64. The van der Waals surface area contributed by atoms with Gasteiger partial charge in [-0.15, -0.1) is 0 Å². The molecule has 2 aliphatic rings. The van der Waals surface area contributed by atoms with Crippen LogP contribution in [0.1, 0.15) is 16.8 Å². The summed E-state index contributed by atoms with van der Waals surface area (Å²) in [5, 5.41) is 2.97. The van der Waals surface area contributed by atoms with Crippen LogP contribution in [0.2, 0.25) is 0 Å². The number of carbonyl (C=O) groups is 2. The van der Waals surface area contributed by atoms with E-state index in [0.29, 0.717) is 38.2 Å². The predicted molar refractivity (Wildman–Crippen MR) is 105 cm³/mol. The van der Waals surface area contributed by atoms with Crippen LogP contribution >= 0.6 is 0 Å². The van der Waals surface area contributed by atoms with Crippen LogP contribution in [0.3, 0.4) is 0 Å². The molecule has 2 saturated heterocycles. The third-order valence-electron chi connectivity index (χ3n) is 5.41. The zero-order chi connectivity index (χ0) is 19.2. The zero-order valence-corrected chi connectivity index (χ0v) is 16.3. The molecule has 1 N–H and O–H groups in total. The monoisotopic (exact) mass is 374 g/mol. The molecule has 1 aromatic rings. The minimum Gasteiger partial charge on any atom is -0.383 e. The van der Waals surface area contributed by atoms with Gasteiger partial charge in [0.2, 0.25) is 5.91 Å². The molecule has 0 radical (unpaired) electrons. The van der Waals surface area contributed by atoms with E-state index in [9.17, 15) is 9.59 Å². The van der Waals surface area contributed by atoms with Gasteiger partial charge in [0.25, 0.3) is 5.91 Å². The number of methoxy groups -OCH3 is 1. The lowest BCUT2D eigenvalue weighted by Gasteiger charge is -2.34. The van der Waals surface area contributed by atoms with E-state index in [1.807, 2.05) is 29.2 Å². The number of nitrogens with zero attached hydrogens (tertiary/aromatic N) is 3. The van der Waals surface area contributed by atoms with Gasteiger partial charge in [0.05, 0.1) is 6.61 Å². The standard InChI is InChI=1S/C20H30N4O3/c1-22-7-9-23(10-8-22)18-5-3-17(4-6-18)20(26)21-14-16-13-19(25)24(15-16)11-12-27-2/h3-6,16H,7-15H2,1-2H3,(H,21,26)/t16-/m1/s1. The van der Waals surface area contributed by atoms with Crippen LogP contribution in [0.5, 0.6) is 0 Å². The molecule has 2 amide bonds. The molecule has 7 heteroatoms. The van der Waals surface area contributed by atoms with Crippen molar-refractivity contribution in [3.63, 3.8) is 0 Å². The molecule has 0 unspecified atom stereocenters. The highest BCUT2D eigenvalue weighted by molar-refractivity contribution is 5.94. The molecule has 3 rings (SSSR count). The van der Waals surface area contributed by atoms with Crippen LogP contribution < -0.4 is 10.2 Å². The average molecular weight is 374 g/mol. The van der Waals surface area contributed by atoms with Crippen molar-refractivity contribution in [3.05, 3.63) is 29.8 Å². The van der Waals surface area contributed by atoms with E-state index in [0.717, 1.165) is 31.9 Å². The van der Waals surface area contributed by atoms with E-state index < -0.39 is 0 Å². The number of carbonyl (C=O) groups excluding carboxylic acids is 2. The molecule has 0 aliphatic carbocycles. The number of likely N-dealkylation sites (N-methyl/N-ethyl adjacent to an activating group) is 1. The van der Waals surface area contributed by atoms with Crippen LogP contribution in [0.4, 0.5) is 5.69 Å². The van der Waals surface area contributed by atoms with Crippen LogP contribution in [-0.4, -0.2) is 88.2 Å². The second-order valence-corrected chi connectivity index (χ2v) is 7.45. The maximum absolute atomic E-state index is 12.4. The van der Waals surface area contributed by atoms with Crippen LogP contribution in [0.15, 0.2) is 24.3 Å². The summed E-state index contributed by atoms with van der Waals surface area (Å²) in [5.74, 6) is 0.230. The van der Waals surface area contributed by atoms with E-state index in [4.69, 9.17) is 4.74 Å². The maximum Gasteiger partial charge on any atom is 0.251 e. The van der Waals surface area contributed by atoms with E-state index in [1.165, 1.54) is 0 Å². The van der Waals surface area contributed by atoms with Crippen LogP contribution in [-0.2, 0) is 9.53 Å². The number of ether oxygens (including phenoxy) is 1. The van der Waals surface area contributed by atoms with Gasteiger partial charge >= 0.3 is 0 Å². The Kier molecular flexibility index (Phi) is 6.68. The van der Waals surface area contributed by atoms with Gasteiger partial charge in [0.1, 0.15) is 0 Å². The number of hydrogen-bond donors (Lipinski definition) is 1. The van der Waals surface area contributed by atoms with Crippen LogP contribution in [0, 0.1) is 5.92 Å². The average Bonchev–Trinajstić information content (AvgIpc) is 3.05. The molecule has 2 aliphatic heterocycles. The van der Waals surface area contributed by atoms with Gasteiger partial charge in [-0.3, -0.25) is 9.59 Å². The molecule has 0 bridgehead atoms. The van der Waals surface area contributed by atoms with E-state index in [1.54, 1.807) is 7.11 Å². The first-order chi connectivity index (χ1) is 13.1. The lowest BCUT2D eigenvalue weighted by molar-refractivity contribution is -0.128. The largest absolute Gasteiger partial charge is 0.383 e. The molecule has 1 atom stereocenters. The van der Waals surface area contributed by atoms with Crippen molar-refractivity contribution in [2.24, 2.45) is 5.92 Å². The number of nitrogens with one attached hydrogen (secondary N) is 1. The minimum atomic E-state index is -0.0808. The third-order valence-corrected chi connectivity index (χ3v) is 5.41. The molecule has 1 aromatic carbocycles. The topological polar surface area (TPSA) is 65.1 Å². The summed E-state index contributed by atoms with van der Waals surface area (Å²) in [6.45, 7) is 6.51. The lowest BCUT2D eigenvalue weighted by atomic mass is 10.1. The number of amides is 2. The summed E-state index contributed by atoms with van der Waals surface area (Å²) in [6, 6.07) is 7.80. The van der Waals surface area contributed by atoms with Gasteiger partial charge in [0, 0.05) is 76.5 Å². The van der Waals surface area contributed by atoms with E-state index in [2.05, 4.69) is 22.2 Å². The smallest absolute Gasteiger partial charge is 0.251 e. The molecular weight excluding hydrogens is 344 g/mol. The summed E-state index contributed by atoms with van der Waals surface area (Å²) in [6.07, 6.45) is 0.492. The molecule has 2 fully saturated rings. The first-order valence-electron chi connectivity index (χ1n) is 9.65. The molecule has 7 nitrogen and oxygen atoms in total. The van der Waals surface area contributed by atoms with Crippen molar-refractivity contribution < 1.29 is 14.3 Å². The molecule has 148 valence electrons. The summed E-state index contributed by atoms with van der Waals surface area (Å²) in [4.78, 5) is 30.9. The Morgan fingerprint density at radius 2 is 1.89 bits per heavy atom. The Bertz CT molecular complexity index is 641. The van der Waals surface area contributed by atoms with Gasteiger partial charge in [0.15, 0.2) is 0 Å². The third kappa shape index (κ3) is 5.20. The van der Waals surface area contributed by atoms with Crippen molar-refractivity contribution in [2.45, 2.75) is 6.42 Å². The second kappa shape index (κ2) is 9.19. The lowest BCUT2D eigenvalue weighted by Crippen LogP contribution is -2.44. The first kappa shape index (κ1) is 19.6. The number of rotatable bonds is 7. The van der Waals surface area contributed by atoms with Crippen molar-refractivity contribution in [1.82, 2.24) is 15.1 Å². The van der Waals surface area contributed by atoms with E-state index >= 15 is 0 Å². The fourth-order valence-corrected chi connectivity index (χ4v) is 3.64. The fraction of sp³-hybridized carbons (Fsp3) is 0.600. The number of piperazine rings is 1. The van der Waals surface area contributed by atoms with Gasteiger partial charge in [-0.2, -0.15) is 0 Å². The molecule has 0 saturated carbocycles. The Morgan fingerprint density at radius 3 is 2.56 bits per heavy atom. The van der Waals surface area contributed by atoms with Gasteiger partial charge in [-0.1, -0.05) is 0 Å². The number of hydrogen-bond acceptors (Lipinski definition) is 5. The second-order valence-electron chi connectivity index (χ2n) is 7.45. The maximum atomic E-state index is 12.4. The predicted octanol–water partition coefficient (Wildman–Crippen LogP) is 0.663. The Balaban J connectivity index is 1.46. The molecule has 0 spiro atoms. The highest BCUT2D eigenvalue weighted by Gasteiger charge is 2.29. The summed E-state index contributed by atoms with van der Waals surface area (Å²) in [7, 11) is 3.77. The Labute approximate surface area is 161 Å². The van der Waals surface area contributed by atoms with Crippen LogP contribution in [0.25, 0.3) is 0 Å². The van der Waals surface area contributed by atoms with Crippen molar-refractivity contribution >= 4 is 17.5 Å². The zero-order valence-electron chi connectivity index (χ0n) is 16.3.